The molecule has 29 heavy (non-hydrogen) atoms. The molecule has 2 unspecified atom stereocenters. The molecule has 0 aliphatic carbocycles. The van der Waals surface area contributed by atoms with E-state index in [0.717, 1.165) is 51.6 Å². The van der Waals surface area contributed by atoms with Gasteiger partial charge in [-0.1, -0.05) is 24.3 Å². The number of rotatable bonds is 5. The molecule has 0 spiro atoms. The molecule has 0 bridgehead atoms. The van der Waals surface area contributed by atoms with Gasteiger partial charge in [0.2, 0.25) is 0 Å². The lowest BCUT2D eigenvalue weighted by Crippen LogP contribution is -2.53. The fraction of sp³-hybridized carbons (Fsp3) is 0.550. The molecule has 8 nitrogen and oxygen atoms in total. The number of morpholine rings is 1. The van der Waals surface area contributed by atoms with Crippen LogP contribution in [0.1, 0.15) is 24.0 Å². The van der Waals surface area contributed by atoms with E-state index in [1.807, 2.05) is 11.7 Å². The smallest absolute Gasteiger partial charge is 0.194 e. The summed E-state index contributed by atoms with van der Waals surface area (Å²) in [5, 5.41) is 7.67. The summed E-state index contributed by atoms with van der Waals surface area (Å²) in [6, 6.07) is 8.50. The highest BCUT2D eigenvalue weighted by Gasteiger charge is 2.32. The second kappa shape index (κ2) is 10.9. The summed E-state index contributed by atoms with van der Waals surface area (Å²) < 4.78 is 13.6. The van der Waals surface area contributed by atoms with E-state index in [1.165, 1.54) is 11.1 Å². The number of guanidine groups is 1. The van der Waals surface area contributed by atoms with Crippen LogP contribution in [0.5, 0.6) is 0 Å². The lowest BCUT2D eigenvalue weighted by molar-refractivity contribution is -0.0817. The minimum absolute atomic E-state index is 0. The minimum Gasteiger partial charge on any atom is -0.375 e. The molecule has 2 fully saturated rings. The normalized spacial score (nSPS) is 22.4. The Morgan fingerprint density at radius 2 is 2.10 bits per heavy atom. The van der Waals surface area contributed by atoms with Crippen LogP contribution in [-0.4, -0.2) is 71.2 Å². The zero-order valence-electron chi connectivity index (χ0n) is 16.7. The molecule has 1 aromatic heterocycles. The summed E-state index contributed by atoms with van der Waals surface area (Å²) in [6.07, 6.45) is 5.85. The van der Waals surface area contributed by atoms with Crippen LogP contribution in [0.15, 0.2) is 41.9 Å². The first-order chi connectivity index (χ1) is 13.8. The lowest BCUT2D eigenvalue weighted by Gasteiger charge is -2.37. The maximum absolute atomic E-state index is 5.95. The Hall–Kier alpha value is -1.72. The van der Waals surface area contributed by atoms with Crippen molar-refractivity contribution >= 4 is 29.9 Å². The van der Waals surface area contributed by atoms with Gasteiger partial charge in [-0.15, -0.1) is 24.0 Å². The first kappa shape index (κ1) is 22.0. The van der Waals surface area contributed by atoms with E-state index in [2.05, 4.69) is 49.6 Å². The van der Waals surface area contributed by atoms with Crippen LogP contribution in [0, 0.1) is 0 Å². The molecule has 2 saturated heterocycles. The predicted molar refractivity (Wildman–Crippen MR) is 121 cm³/mol. The third kappa shape index (κ3) is 5.89. The van der Waals surface area contributed by atoms with Gasteiger partial charge in [-0.3, -0.25) is 4.99 Å². The standard InChI is InChI=1S/C20H28N6O2.HI/c1-21-20(25-7-9-28-19(13-25)18-6-3-8-27-18)23-11-16-4-2-5-17(10-16)12-26-15-22-14-24-26;/h2,4-5,10,14-15,18-19H,3,6-9,11-13H2,1H3,(H,21,23);1H. The number of hydrogen-bond acceptors (Lipinski definition) is 5. The van der Waals surface area contributed by atoms with Crippen molar-refractivity contribution in [2.45, 2.75) is 38.1 Å². The summed E-state index contributed by atoms with van der Waals surface area (Å²) in [5.74, 6) is 0.910. The van der Waals surface area contributed by atoms with E-state index in [0.29, 0.717) is 6.61 Å². The van der Waals surface area contributed by atoms with Crippen molar-refractivity contribution in [2.24, 2.45) is 4.99 Å². The van der Waals surface area contributed by atoms with E-state index in [4.69, 9.17) is 9.47 Å². The fourth-order valence-corrected chi connectivity index (χ4v) is 3.84. The summed E-state index contributed by atoms with van der Waals surface area (Å²) >= 11 is 0. The number of aromatic nitrogens is 3. The third-order valence-corrected chi connectivity index (χ3v) is 5.24. The molecule has 158 valence electrons. The molecule has 0 radical (unpaired) electrons. The zero-order chi connectivity index (χ0) is 19.2. The average molecular weight is 512 g/mol. The fourth-order valence-electron chi connectivity index (χ4n) is 3.84. The number of nitrogens with one attached hydrogen (secondary N) is 1. The molecule has 2 atom stereocenters. The van der Waals surface area contributed by atoms with E-state index in [1.54, 1.807) is 12.7 Å². The largest absolute Gasteiger partial charge is 0.375 e. The second-order valence-corrected chi connectivity index (χ2v) is 7.22. The van der Waals surface area contributed by atoms with Crippen LogP contribution >= 0.6 is 24.0 Å². The van der Waals surface area contributed by atoms with Gasteiger partial charge in [0.15, 0.2) is 5.96 Å². The highest BCUT2D eigenvalue weighted by Crippen LogP contribution is 2.21. The first-order valence-electron chi connectivity index (χ1n) is 9.91. The van der Waals surface area contributed by atoms with Crippen molar-refractivity contribution in [3.05, 3.63) is 48.0 Å². The second-order valence-electron chi connectivity index (χ2n) is 7.22. The SMILES string of the molecule is CN=C(NCc1cccc(Cn2cncn2)c1)N1CCOC(C2CCCO2)C1.I. The van der Waals surface area contributed by atoms with Gasteiger partial charge in [0.25, 0.3) is 0 Å². The Balaban J connectivity index is 0.00000240. The Bertz CT molecular complexity index is 779. The van der Waals surface area contributed by atoms with Crippen LogP contribution < -0.4 is 5.32 Å². The monoisotopic (exact) mass is 512 g/mol. The van der Waals surface area contributed by atoms with E-state index in [-0.39, 0.29) is 36.2 Å². The van der Waals surface area contributed by atoms with Crippen LogP contribution in [0.4, 0.5) is 0 Å². The number of nitrogens with zero attached hydrogens (tertiary/aromatic N) is 5. The topological polar surface area (TPSA) is 76.8 Å². The van der Waals surface area contributed by atoms with E-state index < -0.39 is 0 Å². The molecule has 2 aromatic rings. The van der Waals surface area contributed by atoms with Gasteiger partial charge in [0.05, 0.1) is 19.3 Å². The Morgan fingerprint density at radius 1 is 1.24 bits per heavy atom. The summed E-state index contributed by atoms with van der Waals surface area (Å²) in [6.45, 7) is 4.65. The van der Waals surface area contributed by atoms with Gasteiger partial charge < -0.3 is 19.7 Å². The Labute approximate surface area is 188 Å². The molecule has 0 amide bonds. The number of hydrogen-bond donors (Lipinski definition) is 1. The van der Waals surface area contributed by atoms with Gasteiger partial charge in [0.1, 0.15) is 18.8 Å². The summed E-state index contributed by atoms with van der Waals surface area (Å²) in [7, 11) is 1.83. The number of ether oxygens (including phenoxy) is 2. The van der Waals surface area contributed by atoms with Crippen LogP contribution in [-0.2, 0) is 22.6 Å². The molecule has 1 N–H and O–H groups in total. The van der Waals surface area contributed by atoms with E-state index >= 15 is 0 Å². The highest BCUT2D eigenvalue weighted by atomic mass is 127. The van der Waals surface area contributed by atoms with Crippen LogP contribution in [0.2, 0.25) is 0 Å². The van der Waals surface area contributed by atoms with Gasteiger partial charge in [0, 0.05) is 33.3 Å². The molecule has 9 heteroatoms. The molecule has 2 aliphatic rings. The summed E-state index contributed by atoms with van der Waals surface area (Å²) in [5.41, 5.74) is 2.41. The minimum atomic E-state index is 0. The first-order valence-corrected chi connectivity index (χ1v) is 9.91. The average Bonchev–Trinajstić information content (AvgIpc) is 3.43. The van der Waals surface area contributed by atoms with Crippen LogP contribution in [0.3, 0.4) is 0 Å². The van der Waals surface area contributed by atoms with Crippen molar-refractivity contribution in [1.82, 2.24) is 25.0 Å². The molecule has 1 aromatic carbocycles. The predicted octanol–water partition coefficient (Wildman–Crippen LogP) is 1.90. The van der Waals surface area contributed by atoms with Crippen molar-refractivity contribution in [3.63, 3.8) is 0 Å². The zero-order valence-corrected chi connectivity index (χ0v) is 19.1. The molecule has 0 saturated carbocycles. The molecular formula is C20H29IN6O2. The lowest BCUT2D eigenvalue weighted by atomic mass is 10.1. The molecule has 3 heterocycles. The Morgan fingerprint density at radius 3 is 2.86 bits per heavy atom. The third-order valence-electron chi connectivity index (χ3n) is 5.24. The molecule has 4 rings (SSSR count). The number of aliphatic imine (C=N–C) groups is 1. The quantitative estimate of drug-likeness (QED) is 0.375. The van der Waals surface area contributed by atoms with E-state index in [9.17, 15) is 0 Å². The summed E-state index contributed by atoms with van der Waals surface area (Å²) in [4.78, 5) is 10.8. The van der Waals surface area contributed by atoms with Gasteiger partial charge in [-0.25, -0.2) is 9.67 Å². The number of benzene rings is 1. The molecule has 2 aliphatic heterocycles. The van der Waals surface area contributed by atoms with Gasteiger partial charge in [-0.05, 0) is 24.0 Å². The van der Waals surface area contributed by atoms with Crippen LogP contribution in [0.25, 0.3) is 0 Å². The Kier molecular flexibility index (Phi) is 8.25. The van der Waals surface area contributed by atoms with Crippen molar-refractivity contribution in [1.29, 1.82) is 0 Å². The molecular weight excluding hydrogens is 483 g/mol. The maximum atomic E-state index is 5.95. The van der Waals surface area contributed by atoms with Gasteiger partial charge in [-0.2, -0.15) is 5.10 Å². The van der Waals surface area contributed by atoms with Crippen molar-refractivity contribution < 1.29 is 9.47 Å². The van der Waals surface area contributed by atoms with Crippen molar-refractivity contribution in [3.8, 4) is 0 Å². The highest BCUT2D eigenvalue weighted by molar-refractivity contribution is 14.0. The number of halogens is 1. The van der Waals surface area contributed by atoms with Crippen molar-refractivity contribution in [2.75, 3.05) is 33.4 Å². The van der Waals surface area contributed by atoms with Gasteiger partial charge >= 0.3 is 0 Å². The maximum Gasteiger partial charge on any atom is 0.194 e.